The molecular weight excluding hydrogens is 781 g/mol. The second kappa shape index (κ2) is 52.0. The summed E-state index contributed by atoms with van der Waals surface area (Å²) >= 11 is 0. The lowest BCUT2D eigenvalue weighted by Gasteiger charge is -2.18. The Balaban J connectivity index is 4.39. The number of allylic oxidation sites excluding steroid dienone is 8. The molecule has 0 aliphatic rings. The molecule has 0 saturated carbocycles. The van der Waals surface area contributed by atoms with E-state index in [9.17, 15) is 14.4 Å². The van der Waals surface area contributed by atoms with Gasteiger partial charge in [0.2, 0.25) is 0 Å². The van der Waals surface area contributed by atoms with E-state index in [0.717, 1.165) is 89.9 Å². The molecule has 0 saturated heterocycles. The van der Waals surface area contributed by atoms with Crippen molar-refractivity contribution in [3.8, 4) is 0 Å². The van der Waals surface area contributed by atoms with Crippen LogP contribution in [0.5, 0.6) is 0 Å². The lowest BCUT2D eigenvalue weighted by molar-refractivity contribution is -0.167. The molecule has 1 atom stereocenters. The van der Waals surface area contributed by atoms with Gasteiger partial charge in [-0.05, 0) is 103 Å². The highest BCUT2D eigenvalue weighted by Gasteiger charge is 2.19. The summed E-state index contributed by atoms with van der Waals surface area (Å²) in [6.07, 6.45) is 62.3. The fraction of sp³-hybridized carbons (Fsp3) is 0.807. The van der Waals surface area contributed by atoms with E-state index < -0.39 is 6.10 Å². The number of hydrogen-bond donors (Lipinski definition) is 0. The molecule has 0 aromatic carbocycles. The van der Waals surface area contributed by atoms with Crippen molar-refractivity contribution in [3.05, 3.63) is 48.6 Å². The van der Waals surface area contributed by atoms with Crippen molar-refractivity contribution in [1.82, 2.24) is 0 Å². The highest BCUT2D eigenvalue weighted by atomic mass is 16.6. The first-order chi connectivity index (χ1) is 31.0. The Morgan fingerprint density at radius 2 is 0.571 bits per heavy atom. The SMILES string of the molecule is CCCCC/C=C\C/C=C\CCCCCCCCCC(=O)OC[C@H](COC(=O)CCCCCCC/C=C\CCCCCC)OC(=O)CCCCCCC/C=C\CCCCCCCC. The van der Waals surface area contributed by atoms with E-state index in [0.29, 0.717) is 19.3 Å². The van der Waals surface area contributed by atoms with Crippen LogP contribution in [0, 0.1) is 0 Å². The van der Waals surface area contributed by atoms with Crippen molar-refractivity contribution in [1.29, 1.82) is 0 Å². The fourth-order valence-electron chi connectivity index (χ4n) is 7.64. The van der Waals surface area contributed by atoms with Crippen molar-refractivity contribution in [2.75, 3.05) is 13.2 Å². The van der Waals surface area contributed by atoms with E-state index in [1.54, 1.807) is 0 Å². The maximum Gasteiger partial charge on any atom is 0.306 e. The minimum atomic E-state index is -0.782. The van der Waals surface area contributed by atoms with E-state index >= 15 is 0 Å². The normalized spacial score (nSPS) is 12.4. The van der Waals surface area contributed by atoms with Gasteiger partial charge in [-0.3, -0.25) is 14.4 Å². The molecule has 63 heavy (non-hydrogen) atoms. The van der Waals surface area contributed by atoms with Gasteiger partial charge in [0.05, 0.1) is 0 Å². The van der Waals surface area contributed by atoms with E-state index in [2.05, 4.69) is 69.4 Å². The molecule has 0 radical (unpaired) electrons. The third-order valence-corrected chi connectivity index (χ3v) is 11.8. The Bertz CT molecular complexity index is 1110. The van der Waals surface area contributed by atoms with Gasteiger partial charge in [0, 0.05) is 19.3 Å². The van der Waals surface area contributed by atoms with Gasteiger partial charge in [-0.2, -0.15) is 0 Å². The maximum atomic E-state index is 12.8. The van der Waals surface area contributed by atoms with Gasteiger partial charge >= 0.3 is 17.9 Å². The lowest BCUT2D eigenvalue weighted by atomic mass is 10.1. The Morgan fingerprint density at radius 3 is 0.937 bits per heavy atom. The van der Waals surface area contributed by atoms with E-state index in [4.69, 9.17) is 14.2 Å². The first-order valence-electron chi connectivity index (χ1n) is 27.1. The number of unbranched alkanes of at least 4 members (excludes halogenated alkanes) is 30. The molecule has 0 fully saturated rings. The zero-order chi connectivity index (χ0) is 45.8. The second-order valence-corrected chi connectivity index (χ2v) is 18.1. The molecule has 366 valence electrons. The maximum absolute atomic E-state index is 12.8. The summed E-state index contributed by atoms with van der Waals surface area (Å²) in [7, 11) is 0. The standard InChI is InChI=1S/C57H102O6/c1-4-7-10-13-16-19-22-25-27-28-30-32-35-38-41-44-47-50-56(59)62-53-54(52-61-55(58)49-46-43-40-37-34-31-24-21-18-15-12-9-6-3)63-57(60)51-48-45-42-39-36-33-29-26-23-20-17-14-11-8-5-2/h16,19,21,24-27,29,54H,4-15,17-18,20,22-23,28,30-53H2,1-3H3/b19-16-,24-21-,27-25-,29-26-/t54-/m0/s1. The average molecular weight is 883 g/mol. The van der Waals surface area contributed by atoms with E-state index in [1.165, 1.54) is 148 Å². The molecule has 6 heteroatoms. The molecule has 0 N–H and O–H groups in total. The Labute approximate surface area is 390 Å². The second-order valence-electron chi connectivity index (χ2n) is 18.1. The van der Waals surface area contributed by atoms with Gasteiger partial charge in [-0.25, -0.2) is 0 Å². The summed E-state index contributed by atoms with van der Waals surface area (Å²) in [5.74, 6) is -0.898. The van der Waals surface area contributed by atoms with Gasteiger partial charge in [0.15, 0.2) is 6.10 Å². The molecule has 0 rings (SSSR count). The third kappa shape index (κ3) is 50.2. The van der Waals surface area contributed by atoms with Gasteiger partial charge in [-0.1, -0.05) is 204 Å². The molecule has 0 amide bonds. The molecule has 0 aliphatic carbocycles. The predicted molar refractivity (Wildman–Crippen MR) is 270 cm³/mol. The zero-order valence-electron chi connectivity index (χ0n) is 41.8. The molecule has 0 bridgehead atoms. The predicted octanol–water partition coefficient (Wildman–Crippen LogP) is 17.9. The summed E-state index contributed by atoms with van der Waals surface area (Å²) < 4.78 is 16.8. The van der Waals surface area contributed by atoms with Crippen molar-refractivity contribution < 1.29 is 28.6 Å². The first-order valence-corrected chi connectivity index (χ1v) is 27.1. The largest absolute Gasteiger partial charge is 0.462 e. The summed E-state index contributed by atoms with van der Waals surface area (Å²) in [5, 5.41) is 0. The Morgan fingerprint density at radius 1 is 0.317 bits per heavy atom. The summed E-state index contributed by atoms with van der Waals surface area (Å²) in [4.78, 5) is 38.0. The number of ether oxygens (including phenoxy) is 3. The van der Waals surface area contributed by atoms with Gasteiger partial charge < -0.3 is 14.2 Å². The number of carbonyl (C=O) groups is 3. The van der Waals surface area contributed by atoms with Crippen LogP contribution in [0.2, 0.25) is 0 Å². The van der Waals surface area contributed by atoms with Crippen LogP contribution in [0.15, 0.2) is 48.6 Å². The van der Waals surface area contributed by atoms with Crippen LogP contribution in [-0.2, 0) is 28.6 Å². The van der Waals surface area contributed by atoms with Crippen molar-refractivity contribution in [3.63, 3.8) is 0 Å². The molecule has 0 spiro atoms. The number of hydrogen-bond acceptors (Lipinski definition) is 6. The molecule has 0 aliphatic heterocycles. The Kier molecular flexibility index (Phi) is 49.8. The molecular formula is C57H102O6. The zero-order valence-corrected chi connectivity index (χ0v) is 41.8. The smallest absolute Gasteiger partial charge is 0.306 e. The minimum Gasteiger partial charge on any atom is -0.462 e. The minimum absolute atomic E-state index is 0.0822. The Hall–Kier alpha value is -2.63. The quantitative estimate of drug-likeness (QED) is 0.0262. The van der Waals surface area contributed by atoms with Crippen molar-refractivity contribution in [2.45, 2.75) is 284 Å². The van der Waals surface area contributed by atoms with Crippen LogP contribution in [-0.4, -0.2) is 37.2 Å². The van der Waals surface area contributed by atoms with Crippen LogP contribution in [0.3, 0.4) is 0 Å². The van der Waals surface area contributed by atoms with E-state index in [1.807, 2.05) is 0 Å². The number of esters is 3. The molecule has 0 aromatic rings. The van der Waals surface area contributed by atoms with Crippen LogP contribution >= 0.6 is 0 Å². The van der Waals surface area contributed by atoms with Crippen LogP contribution < -0.4 is 0 Å². The molecule has 6 nitrogen and oxygen atoms in total. The summed E-state index contributed by atoms with van der Waals surface area (Å²) in [6.45, 7) is 6.59. The van der Waals surface area contributed by atoms with Gasteiger partial charge in [0.1, 0.15) is 13.2 Å². The number of rotatable bonds is 49. The van der Waals surface area contributed by atoms with E-state index in [-0.39, 0.29) is 31.1 Å². The summed E-state index contributed by atoms with van der Waals surface area (Å²) in [5.41, 5.74) is 0. The van der Waals surface area contributed by atoms with Crippen LogP contribution in [0.25, 0.3) is 0 Å². The molecule has 0 heterocycles. The van der Waals surface area contributed by atoms with Gasteiger partial charge in [0.25, 0.3) is 0 Å². The fourth-order valence-corrected chi connectivity index (χ4v) is 7.64. The van der Waals surface area contributed by atoms with Crippen LogP contribution in [0.4, 0.5) is 0 Å². The first kappa shape index (κ1) is 60.4. The van der Waals surface area contributed by atoms with Crippen LogP contribution in [0.1, 0.15) is 278 Å². The van der Waals surface area contributed by atoms with Crippen molar-refractivity contribution >= 4 is 17.9 Å². The van der Waals surface area contributed by atoms with Gasteiger partial charge in [-0.15, -0.1) is 0 Å². The third-order valence-electron chi connectivity index (χ3n) is 11.8. The average Bonchev–Trinajstić information content (AvgIpc) is 3.28. The summed E-state index contributed by atoms with van der Waals surface area (Å²) in [6, 6.07) is 0. The monoisotopic (exact) mass is 883 g/mol. The molecule has 0 unspecified atom stereocenters. The lowest BCUT2D eigenvalue weighted by Crippen LogP contribution is -2.30. The topological polar surface area (TPSA) is 78.9 Å². The number of carbonyl (C=O) groups excluding carboxylic acids is 3. The highest BCUT2D eigenvalue weighted by molar-refractivity contribution is 5.71. The highest BCUT2D eigenvalue weighted by Crippen LogP contribution is 2.14. The van der Waals surface area contributed by atoms with Crippen molar-refractivity contribution in [2.24, 2.45) is 0 Å². The molecule has 0 aromatic heterocycles.